The molecule has 0 spiro atoms. The molecule has 2 atom stereocenters. The molecule has 0 aliphatic carbocycles. The second-order valence-corrected chi connectivity index (χ2v) is 11.4. The summed E-state index contributed by atoms with van der Waals surface area (Å²) in [5, 5.41) is 0. The van der Waals surface area contributed by atoms with Gasteiger partial charge < -0.3 is 14.4 Å². The van der Waals surface area contributed by atoms with Gasteiger partial charge in [-0.25, -0.2) is 0 Å². The number of benzene rings is 4. The molecule has 4 aromatic rings. The zero-order valence-electron chi connectivity index (χ0n) is 23.6. The molecule has 6 rings (SSSR count). The van der Waals surface area contributed by atoms with Gasteiger partial charge in [-0.1, -0.05) is 66.2 Å². The number of carbonyl (C=O) groups is 1. The van der Waals surface area contributed by atoms with Crippen molar-refractivity contribution in [3.63, 3.8) is 0 Å². The van der Waals surface area contributed by atoms with E-state index in [0.29, 0.717) is 30.2 Å². The molecule has 0 saturated carbocycles. The summed E-state index contributed by atoms with van der Waals surface area (Å²) in [6.07, 6.45) is 5.52. The van der Waals surface area contributed by atoms with Crippen molar-refractivity contribution >= 4 is 5.78 Å². The zero-order valence-corrected chi connectivity index (χ0v) is 23.6. The van der Waals surface area contributed by atoms with Gasteiger partial charge in [0.15, 0.2) is 5.78 Å². The molecular weight excluding hydrogens is 494 g/mol. The third kappa shape index (κ3) is 5.55. The summed E-state index contributed by atoms with van der Waals surface area (Å²) in [7, 11) is 3.92. The summed E-state index contributed by atoms with van der Waals surface area (Å²) in [6, 6.07) is 32.0. The maximum atomic E-state index is 13.2. The van der Waals surface area contributed by atoms with Crippen LogP contribution < -0.4 is 9.47 Å². The fraction of sp³-hybridized carbons (Fsp3) is 0.306. The molecule has 2 unspecified atom stereocenters. The number of methoxy groups -OCH3 is 1. The second kappa shape index (κ2) is 11.3. The Bertz CT molecular complexity index is 1480. The minimum Gasteiger partial charge on any atom is -0.496 e. The predicted molar refractivity (Wildman–Crippen MR) is 161 cm³/mol. The largest absolute Gasteiger partial charge is 0.496 e. The van der Waals surface area contributed by atoms with E-state index in [9.17, 15) is 4.79 Å². The Morgan fingerprint density at radius 1 is 0.825 bits per heavy atom. The van der Waals surface area contributed by atoms with Gasteiger partial charge >= 0.3 is 0 Å². The van der Waals surface area contributed by atoms with Gasteiger partial charge in [-0.3, -0.25) is 4.79 Å². The molecular formula is C36H37NO3. The summed E-state index contributed by atoms with van der Waals surface area (Å²) >= 11 is 0. The van der Waals surface area contributed by atoms with Crippen LogP contribution in [-0.4, -0.2) is 43.0 Å². The van der Waals surface area contributed by atoms with E-state index in [0.717, 1.165) is 52.2 Å². The van der Waals surface area contributed by atoms with E-state index < -0.39 is 0 Å². The van der Waals surface area contributed by atoms with Crippen molar-refractivity contribution in [1.29, 1.82) is 0 Å². The molecule has 4 aromatic carbocycles. The Labute approximate surface area is 237 Å². The number of nitrogens with zero attached hydrogens (tertiary/aromatic N) is 1. The summed E-state index contributed by atoms with van der Waals surface area (Å²) in [6.45, 7) is 2.07. The highest BCUT2D eigenvalue weighted by molar-refractivity contribution is 5.99. The maximum absolute atomic E-state index is 13.2. The smallest absolute Gasteiger partial charge is 0.167 e. The van der Waals surface area contributed by atoms with Crippen molar-refractivity contribution in [3.8, 4) is 33.8 Å². The van der Waals surface area contributed by atoms with E-state index in [1.807, 2.05) is 24.3 Å². The Kier molecular flexibility index (Phi) is 7.44. The van der Waals surface area contributed by atoms with Crippen LogP contribution in [0.4, 0.5) is 0 Å². The number of piperidine rings is 1. The first-order valence-corrected chi connectivity index (χ1v) is 14.3. The van der Waals surface area contributed by atoms with Crippen LogP contribution in [0.1, 0.15) is 47.2 Å². The van der Waals surface area contributed by atoms with Crippen molar-refractivity contribution in [3.05, 3.63) is 108 Å². The number of aryl methyl sites for hydroxylation is 1. The highest BCUT2D eigenvalue weighted by Crippen LogP contribution is 2.36. The van der Waals surface area contributed by atoms with Crippen LogP contribution in [0.5, 0.6) is 11.5 Å². The number of ether oxygens (including phenoxy) is 2. The first-order chi connectivity index (χ1) is 19.5. The Morgan fingerprint density at radius 2 is 1.50 bits per heavy atom. The van der Waals surface area contributed by atoms with E-state index in [2.05, 4.69) is 85.6 Å². The molecule has 2 aliphatic rings. The van der Waals surface area contributed by atoms with Crippen LogP contribution in [0.15, 0.2) is 91.0 Å². The van der Waals surface area contributed by atoms with Gasteiger partial charge in [0.05, 0.1) is 7.11 Å². The lowest BCUT2D eigenvalue weighted by atomic mass is 9.96. The van der Waals surface area contributed by atoms with Crippen LogP contribution >= 0.6 is 0 Å². The summed E-state index contributed by atoms with van der Waals surface area (Å²) in [5.41, 5.74) is 7.11. The molecule has 4 nitrogen and oxygen atoms in total. The fourth-order valence-corrected chi connectivity index (χ4v) is 6.40. The lowest BCUT2D eigenvalue weighted by molar-refractivity contribution is 0.0662. The standard InChI is InChI=1S/C36H37NO3/c1-24-5-4-6-28(19-24)34-21-29(13-18-36(34)39-3)35(38)20-25-7-9-26(10-8-25)27-11-16-32(17-12-27)40-33-22-30-14-15-31(23-33)37(30)2/h4-13,16-19,21,30-31,33H,14-15,20,22-23H2,1-3H3. The van der Waals surface area contributed by atoms with Gasteiger partial charge in [-0.15, -0.1) is 0 Å². The molecule has 2 heterocycles. The molecule has 0 radical (unpaired) electrons. The highest BCUT2D eigenvalue weighted by Gasteiger charge is 2.39. The molecule has 204 valence electrons. The van der Waals surface area contributed by atoms with Crippen LogP contribution in [-0.2, 0) is 6.42 Å². The summed E-state index contributed by atoms with van der Waals surface area (Å²) in [5.74, 6) is 1.80. The topological polar surface area (TPSA) is 38.8 Å². The van der Waals surface area contributed by atoms with E-state index in [-0.39, 0.29) is 5.78 Å². The normalized spacial score (nSPS) is 20.3. The number of fused-ring (bicyclic) bond motifs is 2. The lowest BCUT2D eigenvalue weighted by Crippen LogP contribution is -2.43. The molecule has 2 fully saturated rings. The average Bonchev–Trinajstić information content (AvgIpc) is 3.17. The van der Waals surface area contributed by atoms with E-state index >= 15 is 0 Å². The van der Waals surface area contributed by atoms with E-state index in [4.69, 9.17) is 9.47 Å². The highest BCUT2D eigenvalue weighted by atomic mass is 16.5. The van der Waals surface area contributed by atoms with Gasteiger partial charge in [0.25, 0.3) is 0 Å². The van der Waals surface area contributed by atoms with Gasteiger partial charge in [-0.2, -0.15) is 0 Å². The van der Waals surface area contributed by atoms with Crippen molar-refractivity contribution in [2.45, 2.75) is 57.2 Å². The molecule has 2 bridgehead atoms. The van der Waals surface area contributed by atoms with Gasteiger partial charge in [0.1, 0.15) is 17.6 Å². The summed E-state index contributed by atoms with van der Waals surface area (Å²) < 4.78 is 12.0. The third-order valence-corrected chi connectivity index (χ3v) is 8.71. The number of ketones is 1. The molecule has 0 N–H and O–H groups in total. The van der Waals surface area contributed by atoms with Crippen molar-refractivity contribution < 1.29 is 14.3 Å². The molecule has 2 saturated heterocycles. The first kappa shape index (κ1) is 26.3. The van der Waals surface area contributed by atoms with E-state index in [1.54, 1.807) is 7.11 Å². The van der Waals surface area contributed by atoms with Crippen molar-refractivity contribution in [1.82, 2.24) is 4.90 Å². The fourth-order valence-electron chi connectivity index (χ4n) is 6.40. The second-order valence-electron chi connectivity index (χ2n) is 11.4. The van der Waals surface area contributed by atoms with Crippen molar-refractivity contribution in [2.75, 3.05) is 14.2 Å². The monoisotopic (exact) mass is 531 g/mol. The van der Waals surface area contributed by atoms with Gasteiger partial charge in [-0.05, 0) is 92.2 Å². The Hall–Kier alpha value is -3.89. The molecule has 4 heteroatoms. The summed E-state index contributed by atoms with van der Waals surface area (Å²) in [4.78, 5) is 15.8. The zero-order chi connectivity index (χ0) is 27.6. The maximum Gasteiger partial charge on any atom is 0.167 e. The number of hydrogen-bond donors (Lipinski definition) is 0. The Morgan fingerprint density at radius 3 is 2.15 bits per heavy atom. The van der Waals surface area contributed by atoms with Gasteiger partial charge in [0.2, 0.25) is 0 Å². The predicted octanol–water partition coefficient (Wildman–Crippen LogP) is 7.77. The van der Waals surface area contributed by atoms with E-state index in [1.165, 1.54) is 18.4 Å². The minimum atomic E-state index is 0.0909. The SMILES string of the molecule is COc1ccc(C(=O)Cc2ccc(-c3ccc(OC4CC5CCC(C4)N5C)cc3)cc2)cc1-c1cccc(C)c1. The van der Waals surface area contributed by atoms with Gasteiger partial charge in [0, 0.05) is 29.6 Å². The van der Waals surface area contributed by atoms with Crippen molar-refractivity contribution in [2.24, 2.45) is 0 Å². The third-order valence-electron chi connectivity index (χ3n) is 8.71. The molecule has 2 aliphatic heterocycles. The van der Waals surface area contributed by atoms with Crippen LogP contribution in [0.2, 0.25) is 0 Å². The van der Waals surface area contributed by atoms with Crippen LogP contribution in [0, 0.1) is 6.92 Å². The van der Waals surface area contributed by atoms with Crippen LogP contribution in [0.25, 0.3) is 22.3 Å². The number of carbonyl (C=O) groups excluding carboxylic acids is 1. The Balaban J connectivity index is 1.10. The molecule has 0 aromatic heterocycles. The first-order valence-electron chi connectivity index (χ1n) is 14.3. The number of Topliss-reactive ketones (excluding diaryl/α,β-unsaturated/α-hetero) is 1. The average molecular weight is 532 g/mol. The number of hydrogen-bond acceptors (Lipinski definition) is 4. The lowest BCUT2D eigenvalue weighted by Gasteiger charge is -2.36. The van der Waals surface area contributed by atoms with Crippen LogP contribution in [0.3, 0.4) is 0 Å². The molecule has 0 amide bonds. The molecule has 40 heavy (non-hydrogen) atoms. The minimum absolute atomic E-state index is 0.0909. The quantitative estimate of drug-likeness (QED) is 0.218. The number of rotatable bonds is 8.